The molecule has 2 N–H and O–H groups in total. The normalized spacial score (nSPS) is 13.6. The highest BCUT2D eigenvalue weighted by Gasteiger charge is 2.27. The van der Waals surface area contributed by atoms with Gasteiger partial charge in [0.2, 0.25) is 0 Å². The molecule has 0 spiro atoms. The van der Waals surface area contributed by atoms with Gasteiger partial charge in [-0.2, -0.15) is 10.4 Å². The summed E-state index contributed by atoms with van der Waals surface area (Å²) in [6.45, 7) is 15.9. The first kappa shape index (κ1) is 34.5. The van der Waals surface area contributed by atoms with E-state index in [1.54, 1.807) is 12.1 Å². The Morgan fingerprint density at radius 1 is 1.00 bits per heavy atom. The third-order valence-electron chi connectivity index (χ3n) is 8.24. The minimum Gasteiger partial charge on any atom is -0.351 e. The number of nitrogens with one attached hydrogen (secondary N) is 2. The van der Waals surface area contributed by atoms with E-state index in [0.717, 1.165) is 36.1 Å². The molecule has 0 aliphatic carbocycles. The van der Waals surface area contributed by atoms with Crippen LogP contribution in [-0.2, 0) is 12.0 Å². The lowest BCUT2D eigenvalue weighted by Gasteiger charge is -2.27. The molecule has 1 heterocycles. The Bertz CT molecular complexity index is 1450. The molecule has 8 heteroatoms. The number of carbonyl (C=O) groups excluding carboxylic acids is 2. The molecule has 236 valence electrons. The summed E-state index contributed by atoms with van der Waals surface area (Å²) in [6.07, 6.45) is 6.61. The molecule has 0 fully saturated rings. The molecule has 2 amide bonds. The van der Waals surface area contributed by atoms with Crippen LogP contribution in [0, 0.1) is 23.1 Å². The van der Waals surface area contributed by atoms with Crippen LogP contribution in [0.3, 0.4) is 0 Å². The summed E-state index contributed by atoms with van der Waals surface area (Å²) in [6, 6.07) is 14.3. The van der Waals surface area contributed by atoms with E-state index in [4.69, 9.17) is 5.26 Å². The highest BCUT2D eigenvalue weighted by Crippen LogP contribution is 2.30. The molecule has 3 rings (SSSR count). The zero-order valence-corrected chi connectivity index (χ0v) is 27.3. The van der Waals surface area contributed by atoms with Crippen molar-refractivity contribution in [3.8, 4) is 6.07 Å². The van der Waals surface area contributed by atoms with Gasteiger partial charge in [0.15, 0.2) is 0 Å². The van der Waals surface area contributed by atoms with Crippen LogP contribution in [0.5, 0.6) is 0 Å². The van der Waals surface area contributed by atoms with Crippen LogP contribution in [-0.4, -0.2) is 34.2 Å². The quantitative estimate of drug-likeness (QED) is 0.176. The molecule has 0 bridgehead atoms. The van der Waals surface area contributed by atoms with Crippen molar-refractivity contribution in [2.75, 3.05) is 6.54 Å². The third-order valence-corrected chi connectivity index (χ3v) is 8.24. The third kappa shape index (κ3) is 9.77. The lowest BCUT2D eigenvalue weighted by molar-refractivity contribution is 0.0927. The Labute approximate surface area is 262 Å². The summed E-state index contributed by atoms with van der Waals surface area (Å²) < 4.78 is 17.2. The minimum atomic E-state index is -0.517. The summed E-state index contributed by atoms with van der Waals surface area (Å²) in [5.41, 5.74) is 3.45. The molecule has 0 saturated heterocycles. The van der Waals surface area contributed by atoms with Crippen LogP contribution >= 0.6 is 0 Å². The van der Waals surface area contributed by atoms with E-state index in [2.05, 4.69) is 63.5 Å². The maximum absolute atomic E-state index is 15.2. The molecule has 0 radical (unpaired) electrons. The van der Waals surface area contributed by atoms with Crippen molar-refractivity contribution in [1.29, 1.82) is 5.26 Å². The number of hydrogen-bond donors (Lipinski definition) is 2. The molecule has 3 aromatic rings. The second-order valence-electron chi connectivity index (χ2n) is 13.2. The van der Waals surface area contributed by atoms with Crippen molar-refractivity contribution in [3.63, 3.8) is 0 Å². The van der Waals surface area contributed by atoms with Crippen molar-refractivity contribution in [2.24, 2.45) is 5.92 Å². The minimum absolute atomic E-state index is 0.0496. The molecular weight excluding hydrogens is 553 g/mol. The van der Waals surface area contributed by atoms with E-state index in [9.17, 15) is 9.59 Å². The summed E-state index contributed by atoms with van der Waals surface area (Å²) >= 11 is 0. The van der Waals surface area contributed by atoms with E-state index in [-0.39, 0.29) is 41.2 Å². The second-order valence-corrected chi connectivity index (χ2v) is 13.2. The van der Waals surface area contributed by atoms with Crippen LogP contribution in [0.15, 0.2) is 54.9 Å². The molecule has 0 aliphatic rings. The zero-order chi connectivity index (χ0) is 32.4. The molecule has 0 aliphatic heterocycles. The van der Waals surface area contributed by atoms with Crippen LogP contribution in [0.4, 0.5) is 4.39 Å². The number of rotatable bonds is 15. The van der Waals surface area contributed by atoms with Gasteiger partial charge in [-0.25, -0.2) is 4.39 Å². The fraction of sp³-hybridized carbons (Fsp3) is 0.500. The number of carbonyl (C=O) groups is 2. The van der Waals surface area contributed by atoms with Gasteiger partial charge in [0.1, 0.15) is 5.82 Å². The SMILES string of the molecule is CC(C)Cn1cc(C(C)(C)CC(C)NC(=O)c2ccc(C(C)CCC(C)c3cccc(C(=O)NCCC#N)c3)cc2F)cn1. The molecule has 44 heavy (non-hydrogen) atoms. The summed E-state index contributed by atoms with van der Waals surface area (Å²) in [7, 11) is 0. The number of aromatic nitrogens is 2. The molecular formula is C36H48FN5O2. The first-order valence-electron chi connectivity index (χ1n) is 15.7. The zero-order valence-electron chi connectivity index (χ0n) is 27.3. The number of halogens is 1. The Hall–Kier alpha value is -3.99. The average molecular weight is 602 g/mol. The van der Waals surface area contributed by atoms with Crippen molar-refractivity contribution in [2.45, 2.75) is 104 Å². The van der Waals surface area contributed by atoms with Crippen LogP contribution in [0.2, 0.25) is 0 Å². The molecule has 2 aromatic carbocycles. The Morgan fingerprint density at radius 3 is 2.32 bits per heavy atom. The highest BCUT2D eigenvalue weighted by atomic mass is 19.1. The molecule has 7 nitrogen and oxygen atoms in total. The van der Waals surface area contributed by atoms with E-state index in [0.29, 0.717) is 24.4 Å². The van der Waals surface area contributed by atoms with Crippen molar-refractivity contribution >= 4 is 11.8 Å². The number of benzene rings is 2. The Kier molecular flexibility index (Phi) is 12.3. The second kappa shape index (κ2) is 15.7. The molecule has 1 aromatic heterocycles. The first-order valence-corrected chi connectivity index (χ1v) is 15.7. The lowest BCUT2D eigenvalue weighted by atomic mass is 9.81. The summed E-state index contributed by atoms with van der Waals surface area (Å²) in [5.74, 6) is -0.313. The van der Waals surface area contributed by atoms with Crippen LogP contribution < -0.4 is 10.6 Å². The maximum atomic E-state index is 15.2. The Balaban J connectivity index is 1.55. The van der Waals surface area contributed by atoms with E-state index in [1.165, 1.54) is 6.07 Å². The maximum Gasteiger partial charge on any atom is 0.254 e. The van der Waals surface area contributed by atoms with E-state index >= 15 is 4.39 Å². The number of amides is 2. The topological polar surface area (TPSA) is 99.8 Å². The predicted molar refractivity (Wildman–Crippen MR) is 173 cm³/mol. The van der Waals surface area contributed by atoms with Gasteiger partial charge in [-0.1, -0.05) is 59.7 Å². The smallest absolute Gasteiger partial charge is 0.254 e. The number of nitrogens with zero attached hydrogens (tertiary/aromatic N) is 3. The van der Waals surface area contributed by atoms with E-state index < -0.39 is 11.7 Å². The van der Waals surface area contributed by atoms with Gasteiger partial charge in [0, 0.05) is 30.9 Å². The molecule has 3 unspecified atom stereocenters. The van der Waals surface area contributed by atoms with Crippen LogP contribution in [0.25, 0.3) is 0 Å². The van der Waals surface area contributed by atoms with Gasteiger partial charge in [-0.15, -0.1) is 0 Å². The molecule has 0 saturated carbocycles. The standard InChI is InChI=1S/C36H48FN5O2/c1-24(2)22-42-23-31(21-40-42)36(6,7)20-27(5)41-35(44)32-15-14-29(19-33(32)37)26(4)13-12-25(3)28-10-8-11-30(18-28)34(43)39-17-9-16-38/h8,10-11,14-15,18-19,21,23-27H,9,12-13,17,20,22H2,1-7H3,(H,39,43)(H,41,44). The predicted octanol–water partition coefficient (Wildman–Crippen LogP) is 7.50. The van der Waals surface area contributed by atoms with Gasteiger partial charge < -0.3 is 10.6 Å². The van der Waals surface area contributed by atoms with E-state index in [1.807, 2.05) is 48.1 Å². The largest absolute Gasteiger partial charge is 0.351 e. The number of nitriles is 1. The van der Waals surface area contributed by atoms with Gasteiger partial charge in [-0.3, -0.25) is 14.3 Å². The monoisotopic (exact) mass is 601 g/mol. The van der Waals surface area contributed by atoms with Crippen molar-refractivity contribution in [3.05, 3.63) is 88.5 Å². The fourth-order valence-corrected chi connectivity index (χ4v) is 5.60. The fourth-order valence-electron chi connectivity index (χ4n) is 5.60. The van der Waals surface area contributed by atoms with Crippen LogP contribution in [0.1, 0.15) is 123 Å². The summed E-state index contributed by atoms with van der Waals surface area (Å²) in [5, 5.41) is 18.9. The number of hydrogen-bond acceptors (Lipinski definition) is 4. The van der Waals surface area contributed by atoms with Crippen molar-refractivity contribution < 1.29 is 14.0 Å². The van der Waals surface area contributed by atoms with Crippen molar-refractivity contribution in [1.82, 2.24) is 20.4 Å². The van der Waals surface area contributed by atoms with Gasteiger partial charge in [0.05, 0.1) is 24.3 Å². The van der Waals surface area contributed by atoms with Gasteiger partial charge in [-0.05, 0) is 90.3 Å². The average Bonchev–Trinajstić information content (AvgIpc) is 3.44. The Morgan fingerprint density at radius 2 is 1.68 bits per heavy atom. The van der Waals surface area contributed by atoms with Gasteiger partial charge >= 0.3 is 0 Å². The highest BCUT2D eigenvalue weighted by molar-refractivity contribution is 5.95. The first-order chi connectivity index (χ1) is 20.8. The van der Waals surface area contributed by atoms with Gasteiger partial charge in [0.25, 0.3) is 11.8 Å². The lowest BCUT2D eigenvalue weighted by Crippen LogP contribution is -2.37. The molecule has 3 atom stereocenters. The summed E-state index contributed by atoms with van der Waals surface area (Å²) in [4.78, 5) is 25.4.